The number of piperidine rings is 1. The minimum atomic E-state index is -0.261. The van der Waals surface area contributed by atoms with Crippen LogP contribution in [0.25, 0.3) is 4.96 Å². The van der Waals surface area contributed by atoms with Gasteiger partial charge >= 0.3 is 0 Å². The summed E-state index contributed by atoms with van der Waals surface area (Å²) in [5.74, 6) is 1.68. The fraction of sp³-hybridized carbons (Fsp3) is 0.500. The molecule has 4 rings (SSSR count). The van der Waals surface area contributed by atoms with Crippen LogP contribution in [-0.4, -0.2) is 37.7 Å². The topological polar surface area (TPSA) is 53.7 Å². The van der Waals surface area contributed by atoms with Gasteiger partial charge in [0.2, 0.25) is 10.8 Å². The predicted molar refractivity (Wildman–Crippen MR) is 105 cm³/mol. The van der Waals surface area contributed by atoms with Gasteiger partial charge in [-0.15, -0.1) is 5.10 Å². The first-order valence-electron chi connectivity index (χ1n) is 9.53. The van der Waals surface area contributed by atoms with Gasteiger partial charge in [-0.1, -0.05) is 44.2 Å². The molecule has 1 N–H and O–H groups in total. The van der Waals surface area contributed by atoms with Crippen LogP contribution in [0.1, 0.15) is 49.5 Å². The highest BCUT2D eigenvalue weighted by Gasteiger charge is 2.33. The average Bonchev–Trinajstić information content (AvgIpc) is 3.14. The molecule has 1 aromatic carbocycles. The lowest BCUT2D eigenvalue weighted by molar-refractivity contribution is 0.111. The third kappa shape index (κ3) is 3.46. The lowest BCUT2D eigenvalue weighted by Gasteiger charge is -2.40. The molecule has 27 heavy (non-hydrogen) atoms. The zero-order chi connectivity index (χ0) is 19.1. The van der Waals surface area contributed by atoms with Crippen LogP contribution in [0.15, 0.2) is 24.3 Å². The molecule has 1 aliphatic rings. The van der Waals surface area contributed by atoms with Gasteiger partial charge in [0.1, 0.15) is 5.82 Å². The smallest absolute Gasteiger partial charge is 0.230 e. The van der Waals surface area contributed by atoms with Gasteiger partial charge in [-0.2, -0.15) is 4.52 Å². The third-order valence-electron chi connectivity index (χ3n) is 5.23. The molecule has 7 heteroatoms. The van der Waals surface area contributed by atoms with Crippen molar-refractivity contribution in [2.45, 2.75) is 39.7 Å². The largest absolute Gasteiger partial charge is 0.492 e. The molecule has 0 aliphatic carbocycles. The molecule has 2 aromatic heterocycles. The summed E-state index contributed by atoms with van der Waals surface area (Å²) < 4.78 is 15.5. The lowest BCUT2D eigenvalue weighted by Crippen LogP contribution is -2.41. The van der Waals surface area contributed by atoms with Crippen LogP contribution in [0.5, 0.6) is 5.88 Å². The molecule has 0 spiro atoms. The fourth-order valence-corrected chi connectivity index (χ4v) is 5.38. The van der Waals surface area contributed by atoms with Crippen LogP contribution in [-0.2, 0) is 6.42 Å². The van der Waals surface area contributed by atoms with E-state index in [1.54, 1.807) is 12.1 Å². The van der Waals surface area contributed by atoms with E-state index in [4.69, 9.17) is 0 Å². The van der Waals surface area contributed by atoms with E-state index in [1.807, 2.05) is 13.0 Å². The second-order valence-electron chi connectivity index (χ2n) is 7.72. The van der Waals surface area contributed by atoms with E-state index in [1.165, 1.54) is 28.3 Å². The second kappa shape index (κ2) is 7.20. The Hall–Kier alpha value is -1.99. The van der Waals surface area contributed by atoms with Crippen molar-refractivity contribution in [1.29, 1.82) is 0 Å². The molecule has 1 fully saturated rings. The molecule has 1 saturated heterocycles. The highest BCUT2D eigenvalue weighted by atomic mass is 32.1. The number of fused-ring (bicyclic) bond motifs is 1. The number of aryl methyl sites for hydroxylation is 1. The first-order valence-corrected chi connectivity index (χ1v) is 10.3. The van der Waals surface area contributed by atoms with Gasteiger partial charge in [-0.25, -0.2) is 9.37 Å². The van der Waals surface area contributed by atoms with Gasteiger partial charge in [-0.3, -0.25) is 4.90 Å². The van der Waals surface area contributed by atoms with E-state index in [0.717, 1.165) is 30.0 Å². The first kappa shape index (κ1) is 18.4. The third-order valence-corrected chi connectivity index (χ3v) is 6.31. The van der Waals surface area contributed by atoms with Crippen molar-refractivity contribution in [2.24, 2.45) is 11.8 Å². The predicted octanol–water partition coefficient (Wildman–Crippen LogP) is 4.27. The summed E-state index contributed by atoms with van der Waals surface area (Å²) in [7, 11) is 0. The number of benzene rings is 1. The van der Waals surface area contributed by atoms with E-state index in [9.17, 15) is 9.50 Å². The highest BCUT2D eigenvalue weighted by molar-refractivity contribution is 7.17. The van der Waals surface area contributed by atoms with Crippen molar-refractivity contribution in [3.8, 4) is 5.88 Å². The number of nitrogens with zero attached hydrogens (tertiary/aromatic N) is 4. The Balaban J connectivity index is 1.82. The quantitative estimate of drug-likeness (QED) is 0.725. The van der Waals surface area contributed by atoms with Gasteiger partial charge in [-0.05, 0) is 36.0 Å². The molecular formula is C20H25FN4OS. The van der Waals surface area contributed by atoms with Gasteiger partial charge in [0.05, 0.1) is 10.9 Å². The Morgan fingerprint density at radius 1 is 1.30 bits per heavy atom. The molecule has 3 aromatic rings. The summed E-state index contributed by atoms with van der Waals surface area (Å²) in [6.45, 7) is 8.32. The van der Waals surface area contributed by atoms with Crippen LogP contribution >= 0.6 is 11.3 Å². The molecule has 1 aliphatic heterocycles. The van der Waals surface area contributed by atoms with Crippen molar-refractivity contribution in [1.82, 2.24) is 19.5 Å². The van der Waals surface area contributed by atoms with Gasteiger partial charge < -0.3 is 5.11 Å². The fourth-order valence-electron chi connectivity index (χ4n) is 4.25. The van der Waals surface area contributed by atoms with Crippen molar-refractivity contribution in [2.75, 3.05) is 13.1 Å². The SMILES string of the molecule is CCc1nc2sc([C@@H](c3cccc(F)c3)N3C[C@H](C)C[C@H](C)C3)c(O)n2n1. The Kier molecular flexibility index (Phi) is 4.90. The summed E-state index contributed by atoms with van der Waals surface area (Å²) in [4.78, 5) is 8.32. The van der Waals surface area contributed by atoms with Crippen molar-refractivity contribution in [3.05, 3.63) is 46.3 Å². The summed E-state index contributed by atoms with van der Waals surface area (Å²) >= 11 is 1.44. The molecule has 3 heterocycles. The molecule has 144 valence electrons. The molecular weight excluding hydrogens is 363 g/mol. The highest BCUT2D eigenvalue weighted by Crippen LogP contribution is 2.42. The number of aromatic hydroxyl groups is 1. The Bertz CT molecular complexity index is 943. The van der Waals surface area contributed by atoms with Crippen molar-refractivity contribution in [3.63, 3.8) is 0 Å². The van der Waals surface area contributed by atoms with Crippen LogP contribution in [0, 0.1) is 17.7 Å². The van der Waals surface area contributed by atoms with Gasteiger partial charge in [0, 0.05) is 19.5 Å². The maximum atomic E-state index is 14.0. The van der Waals surface area contributed by atoms with Crippen molar-refractivity contribution >= 4 is 16.3 Å². The molecule has 3 atom stereocenters. The molecule has 0 bridgehead atoms. The number of thiazole rings is 1. The first-order chi connectivity index (χ1) is 13.0. The maximum absolute atomic E-state index is 14.0. The zero-order valence-corrected chi connectivity index (χ0v) is 16.7. The molecule has 5 nitrogen and oxygen atoms in total. The second-order valence-corrected chi connectivity index (χ2v) is 8.73. The minimum absolute atomic E-state index is 0.113. The molecule has 0 unspecified atom stereocenters. The number of hydrogen-bond acceptors (Lipinski definition) is 5. The normalized spacial score (nSPS) is 22.4. The van der Waals surface area contributed by atoms with E-state index < -0.39 is 0 Å². The summed E-state index contributed by atoms with van der Waals surface area (Å²) in [6.07, 6.45) is 1.91. The number of rotatable bonds is 4. The van der Waals surface area contributed by atoms with Crippen LogP contribution in [0.2, 0.25) is 0 Å². The Morgan fingerprint density at radius 3 is 2.67 bits per heavy atom. The molecule has 0 amide bonds. The molecule has 0 radical (unpaired) electrons. The average molecular weight is 389 g/mol. The van der Waals surface area contributed by atoms with Crippen LogP contribution in [0.4, 0.5) is 4.39 Å². The van der Waals surface area contributed by atoms with Crippen LogP contribution < -0.4 is 0 Å². The number of hydrogen-bond donors (Lipinski definition) is 1. The number of halogens is 1. The summed E-state index contributed by atoms with van der Waals surface area (Å²) in [5.41, 5.74) is 0.854. The van der Waals surface area contributed by atoms with E-state index in [-0.39, 0.29) is 17.7 Å². The number of aromatic nitrogens is 3. The zero-order valence-electron chi connectivity index (χ0n) is 15.9. The lowest BCUT2D eigenvalue weighted by atomic mass is 9.89. The van der Waals surface area contributed by atoms with Crippen LogP contribution in [0.3, 0.4) is 0 Å². The summed E-state index contributed by atoms with van der Waals surface area (Å²) in [5, 5.41) is 15.3. The van der Waals surface area contributed by atoms with Gasteiger partial charge in [0.25, 0.3) is 0 Å². The van der Waals surface area contributed by atoms with E-state index in [2.05, 4.69) is 28.8 Å². The Morgan fingerprint density at radius 2 is 2.04 bits per heavy atom. The minimum Gasteiger partial charge on any atom is -0.492 e. The maximum Gasteiger partial charge on any atom is 0.230 e. The van der Waals surface area contributed by atoms with E-state index >= 15 is 0 Å². The van der Waals surface area contributed by atoms with Crippen molar-refractivity contribution < 1.29 is 9.50 Å². The number of likely N-dealkylation sites (tertiary alicyclic amines) is 1. The molecule has 0 saturated carbocycles. The van der Waals surface area contributed by atoms with E-state index in [0.29, 0.717) is 22.6 Å². The summed E-state index contributed by atoms with van der Waals surface area (Å²) in [6, 6.07) is 6.49. The monoisotopic (exact) mass is 388 g/mol. The Labute approximate surface area is 162 Å². The standard InChI is InChI=1S/C20H25FN4OS/c1-4-16-22-20-25(23-16)19(26)18(27-20)17(14-6-5-7-15(21)9-14)24-10-12(2)8-13(3)11-24/h5-7,9,12-13,17,26H,4,8,10-11H2,1-3H3/t12-,13+,17-/m1/s1. The van der Waals surface area contributed by atoms with Gasteiger partial charge in [0.15, 0.2) is 5.82 Å².